The summed E-state index contributed by atoms with van der Waals surface area (Å²) in [6, 6.07) is 88.3. The molecule has 12 rings (SSSR count). The Kier molecular flexibility index (Phi) is 8.53. The van der Waals surface area contributed by atoms with Crippen LogP contribution in [0, 0.1) is 0 Å². The molecule has 290 valence electrons. The summed E-state index contributed by atoms with van der Waals surface area (Å²) in [7, 11) is 0. The standard InChI is InChI=1S/C60H40N2/c1-3-21-51(49(19-1)45-17-13-15-43(39-45)41-31-35-47(36-32-41)61-57-27-9-5-23-53(57)54-24-6-10-28-58(54)61)52-22-4-2-20-50(52)46-18-14-16-44(40-46)42-33-37-48(38-34-42)62-59-29-11-7-25-55(59)56-26-8-12-30-60(56)62/h1-40H. The summed E-state index contributed by atoms with van der Waals surface area (Å²) in [4.78, 5) is 0. The first-order valence-electron chi connectivity index (χ1n) is 21.3. The number of benzene rings is 10. The second kappa shape index (κ2) is 14.8. The van der Waals surface area contributed by atoms with E-state index in [4.69, 9.17) is 0 Å². The summed E-state index contributed by atoms with van der Waals surface area (Å²) in [5.41, 5.74) is 19.2. The zero-order valence-electron chi connectivity index (χ0n) is 34.0. The number of hydrogen-bond donors (Lipinski definition) is 0. The zero-order valence-corrected chi connectivity index (χ0v) is 34.0. The molecule has 0 aliphatic rings. The molecule has 62 heavy (non-hydrogen) atoms. The molecule has 0 amide bonds. The molecule has 0 bridgehead atoms. The molecule has 2 aromatic heterocycles. The number of aromatic nitrogens is 2. The monoisotopic (exact) mass is 788 g/mol. The highest BCUT2D eigenvalue weighted by Crippen LogP contribution is 2.41. The van der Waals surface area contributed by atoms with Gasteiger partial charge in [0.15, 0.2) is 0 Å². The van der Waals surface area contributed by atoms with E-state index in [1.807, 2.05) is 0 Å². The van der Waals surface area contributed by atoms with E-state index in [0.717, 1.165) is 11.4 Å². The van der Waals surface area contributed by atoms with Crippen LogP contribution in [0.1, 0.15) is 0 Å². The fraction of sp³-hybridized carbons (Fsp3) is 0. The highest BCUT2D eigenvalue weighted by molar-refractivity contribution is 6.10. The second-order valence-corrected chi connectivity index (χ2v) is 16.1. The minimum absolute atomic E-state index is 1.16. The Labute approximate surface area is 360 Å². The second-order valence-electron chi connectivity index (χ2n) is 16.1. The van der Waals surface area contributed by atoms with Gasteiger partial charge >= 0.3 is 0 Å². The average Bonchev–Trinajstić information content (AvgIpc) is 3.87. The lowest BCUT2D eigenvalue weighted by atomic mass is 9.88. The molecular weight excluding hydrogens is 749 g/mol. The van der Waals surface area contributed by atoms with Gasteiger partial charge in [0, 0.05) is 32.9 Å². The van der Waals surface area contributed by atoms with Crippen LogP contribution in [0.15, 0.2) is 243 Å². The first kappa shape index (κ1) is 35.7. The van der Waals surface area contributed by atoms with Crippen molar-refractivity contribution in [2.24, 2.45) is 0 Å². The van der Waals surface area contributed by atoms with Crippen LogP contribution in [0.25, 0.3) is 111 Å². The molecule has 12 aromatic rings. The molecule has 0 spiro atoms. The maximum absolute atomic E-state index is 2.37. The van der Waals surface area contributed by atoms with Gasteiger partial charge in [-0.2, -0.15) is 0 Å². The van der Waals surface area contributed by atoms with Crippen LogP contribution in [0.4, 0.5) is 0 Å². The Balaban J connectivity index is 0.871. The van der Waals surface area contributed by atoms with E-state index in [1.54, 1.807) is 0 Å². The van der Waals surface area contributed by atoms with E-state index in [2.05, 4.69) is 252 Å². The minimum atomic E-state index is 1.16. The van der Waals surface area contributed by atoms with Crippen molar-refractivity contribution in [3.63, 3.8) is 0 Å². The van der Waals surface area contributed by atoms with Gasteiger partial charge < -0.3 is 9.13 Å². The van der Waals surface area contributed by atoms with Gasteiger partial charge in [-0.3, -0.25) is 0 Å². The summed E-state index contributed by atoms with van der Waals surface area (Å²) in [6.07, 6.45) is 0. The van der Waals surface area contributed by atoms with Crippen molar-refractivity contribution in [3.05, 3.63) is 243 Å². The van der Waals surface area contributed by atoms with Gasteiger partial charge in [-0.25, -0.2) is 0 Å². The van der Waals surface area contributed by atoms with E-state index in [0.29, 0.717) is 0 Å². The topological polar surface area (TPSA) is 9.86 Å². The van der Waals surface area contributed by atoms with Crippen LogP contribution in [0.5, 0.6) is 0 Å². The zero-order chi connectivity index (χ0) is 41.0. The Morgan fingerprint density at radius 1 is 0.194 bits per heavy atom. The normalized spacial score (nSPS) is 11.5. The fourth-order valence-corrected chi connectivity index (χ4v) is 9.68. The van der Waals surface area contributed by atoms with Crippen molar-refractivity contribution >= 4 is 43.6 Å². The number of fused-ring (bicyclic) bond motifs is 6. The van der Waals surface area contributed by atoms with E-state index in [1.165, 1.54) is 99.2 Å². The summed E-state index contributed by atoms with van der Waals surface area (Å²) < 4.78 is 4.75. The van der Waals surface area contributed by atoms with Crippen LogP contribution in [0.2, 0.25) is 0 Å². The van der Waals surface area contributed by atoms with E-state index >= 15 is 0 Å². The van der Waals surface area contributed by atoms with Gasteiger partial charge in [0.2, 0.25) is 0 Å². The molecule has 0 atom stereocenters. The molecule has 0 aliphatic carbocycles. The lowest BCUT2D eigenvalue weighted by Gasteiger charge is -2.16. The van der Waals surface area contributed by atoms with Crippen LogP contribution in [0.3, 0.4) is 0 Å². The quantitative estimate of drug-likeness (QED) is 0.152. The van der Waals surface area contributed by atoms with Gasteiger partial charge in [0.25, 0.3) is 0 Å². The number of hydrogen-bond acceptors (Lipinski definition) is 0. The Morgan fingerprint density at radius 2 is 0.484 bits per heavy atom. The van der Waals surface area contributed by atoms with E-state index < -0.39 is 0 Å². The smallest absolute Gasteiger partial charge is 0.0541 e. The van der Waals surface area contributed by atoms with Crippen molar-refractivity contribution in [1.82, 2.24) is 9.13 Å². The third-order valence-corrected chi connectivity index (χ3v) is 12.6. The molecule has 0 aliphatic heterocycles. The van der Waals surface area contributed by atoms with Gasteiger partial charge in [-0.1, -0.05) is 182 Å². The molecule has 0 radical (unpaired) electrons. The molecule has 10 aromatic carbocycles. The SMILES string of the molecule is c1cc(-c2ccc(-n3c4ccccc4c4ccccc43)cc2)cc(-c2ccccc2-c2ccccc2-c2cccc(-c3ccc(-n4c5ccccc5c5ccccc54)cc3)c2)c1. The van der Waals surface area contributed by atoms with Crippen LogP contribution < -0.4 is 0 Å². The molecule has 0 saturated heterocycles. The molecular formula is C60H40N2. The fourth-order valence-electron chi connectivity index (χ4n) is 9.68. The number of rotatable bonds is 7. The summed E-state index contributed by atoms with van der Waals surface area (Å²) >= 11 is 0. The van der Waals surface area contributed by atoms with Crippen molar-refractivity contribution in [2.45, 2.75) is 0 Å². The Hall–Kier alpha value is -8.20. The molecule has 0 unspecified atom stereocenters. The number of para-hydroxylation sites is 4. The molecule has 0 N–H and O–H groups in total. The molecule has 0 fully saturated rings. The van der Waals surface area contributed by atoms with Gasteiger partial charge in [0.1, 0.15) is 0 Å². The lowest BCUT2D eigenvalue weighted by Crippen LogP contribution is -1.93. The van der Waals surface area contributed by atoms with Crippen LogP contribution >= 0.6 is 0 Å². The predicted octanol–water partition coefficient (Wildman–Crippen LogP) is 16.2. The lowest BCUT2D eigenvalue weighted by molar-refractivity contribution is 1.18. The average molecular weight is 789 g/mol. The first-order chi connectivity index (χ1) is 30.8. The Morgan fingerprint density at radius 3 is 0.839 bits per heavy atom. The molecule has 2 heteroatoms. The minimum Gasteiger partial charge on any atom is -0.309 e. The third-order valence-electron chi connectivity index (χ3n) is 12.6. The van der Waals surface area contributed by atoms with Crippen molar-refractivity contribution in [3.8, 4) is 67.0 Å². The predicted molar refractivity (Wildman–Crippen MR) is 262 cm³/mol. The maximum Gasteiger partial charge on any atom is 0.0541 e. The molecule has 2 nitrogen and oxygen atoms in total. The van der Waals surface area contributed by atoms with Crippen LogP contribution in [-0.4, -0.2) is 9.13 Å². The first-order valence-corrected chi connectivity index (χ1v) is 21.3. The molecule has 2 heterocycles. The molecule has 0 saturated carbocycles. The summed E-state index contributed by atoms with van der Waals surface area (Å²) in [5.74, 6) is 0. The summed E-state index contributed by atoms with van der Waals surface area (Å²) in [6.45, 7) is 0. The van der Waals surface area contributed by atoms with Crippen molar-refractivity contribution in [2.75, 3.05) is 0 Å². The highest BCUT2D eigenvalue weighted by Gasteiger charge is 2.16. The van der Waals surface area contributed by atoms with Gasteiger partial charge in [-0.15, -0.1) is 0 Å². The van der Waals surface area contributed by atoms with Crippen molar-refractivity contribution in [1.29, 1.82) is 0 Å². The highest BCUT2D eigenvalue weighted by atomic mass is 15.0. The third kappa shape index (κ3) is 5.96. The Bertz CT molecular complexity index is 3270. The largest absolute Gasteiger partial charge is 0.309 e. The number of nitrogens with zero attached hydrogens (tertiary/aromatic N) is 2. The summed E-state index contributed by atoms with van der Waals surface area (Å²) in [5, 5.41) is 5.09. The van der Waals surface area contributed by atoms with Crippen LogP contribution in [-0.2, 0) is 0 Å². The van der Waals surface area contributed by atoms with E-state index in [-0.39, 0.29) is 0 Å². The van der Waals surface area contributed by atoms with Gasteiger partial charge in [-0.05, 0) is 116 Å². The van der Waals surface area contributed by atoms with Gasteiger partial charge in [0.05, 0.1) is 22.1 Å². The van der Waals surface area contributed by atoms with E-state index in [9.17, 15) is 0 Å². The van der Waals surface area contributed by atoms with Crippen molar-refractivity contribution < 1.29 is 0 Å². The maximum atomic E-state index is 2.37.